The van der Waals surface area contributed by atoms with E-state index in [0.29, 0.717) is 13.0 Å². The number of hydrogen-bond donors (Lipinski definition) is 1. The molecule has 0 aromatic carbocycles. The largest absolute Gasteiger partial charge is 0.315 e. The molecule has 0 bridgehead atoms. The molecule has 2 rings (SSSR count). The van der Waals surface area contributed by atoms with Crippen LogP contribution in [-0.2, 0) is 9.84 Å². The molecule has 0 aliphatic carbocycles. The van der Waals surface area contributed by atoms with E-state index in [1.165, 1.54) is 6.20 Å². The quantitative estimate of drug-likeness (QED) is 0.761. The van der Waals surface area contributed by atoms with Gasteiger partial charge in [-0.15, -0.1) is 0 Å². The smallest absolute Gasteiger partial charge is 0.199 e. The Balaban J connectivity index is 2.33. The second kappa shape index (κ2) is 3.67. The molecule has 1 N–H and O–H groups in total. The van der Waals surface area contributed by atoms with E-state index in [0.717, 1.165) is 6.54 Å². The van der Waals surface area contributed by atoms with Gasteiger partial charge in [-0.1, -0.05) is 6.07 Å². The van der Waals surface area contributed by atoms with Gasteiger partial charge in [0.2, 0.25) is 0 Å². The fourth-order valence-electron chi connectivity index (χ4n) is 1.58. The Hall–Kier alpha value is -0.940. The monoisotopic (exact) mass is 212 g/mol. The average Bonchev–Trinajstić information content (AvgIpc) is 2.72. The topological polar surface area (TPSA) is 59.1 Å². The lowest BCUT2D eigenvalue weighted by Gasteiger charge is -2.08. The molecule has 0 amide bonds. The SMILES string of the molecule is O=S(=O)(c1ccccn1)[C@@H]1CCNC1. The van der Waals surface area contributed by atoms with Crippen LogP contribution in [0.25, 0.3) is 0 Å². The molecule has 14 heavy (non-hydrogen) atoms. The zero-order valence-corrected chi connectivity index (χ0v) is 8.50. The second-order valence-corrected chi connectivity index (χ2v) is 5.50. The summed E-state index contributed by atoms with van der Waals surface area (Å²) in [6, 6.07) is 4.96. The first-order chi connectivity index (χ1) is 6.71. The Morgan fingerprint density at radius 1 is 1.43 bits per heavy atom. The summed E-state index contributed by atoms with van der Waals surface area (Å²) in [5, 5.41) is 2.92. The maximum atomic E-state index is 11.9. The third kappa shape index (κ3) is 1.65. The molecule has 1 aromatic heterocycles. The lowest BCUT2D eigenvalue weighted by atomic mass is 10.4. The van der Waals surface area contributed by atoms with Crippen LogP contribution < -0.4 is 5.32 Å². The Kier molecular flexibility index (Phi) is 2.52. The highest BCUT2D eigenvalue weighted by molar-refractivity contribution is 7.92. The van der Waals surface area contributed by atoms with Gasteiger partial charge in [0.15, 0.2) is 14.9 Å². The van der Waals surface area contributed by atoms with Crippen molar-refractivity contribution in [1.29, 1.82) is 0 Å². The first kappa shape index (κ1) is 9.61. The lowest BCUT2D eigenvalue weighted by molar-refractivity contribution is 0.579. The van der Waals surface area contributed by atoms with Gasteiger partial charge in [-0.05, 0) is 25.1 Å². The third-order valence-electron chi connectivity index (χ3n) is 2.38. The van der Waals surface area contributed by atoms with Gasteiger partial charge in [0, 0.05) is 12.7 Å². The third-order valence-corrected chi connectivity index (χ3v) is 4.49. The van der Waals surface area contributed by atoms with Gasteiger partial charge < -0.3 is 5.32 Å². The minimum atomic E-state index is -3.21. The van der Waals surface area contributed by atoms with E-state index in [2.05, 4.69) is 10.3 Å². The highest BCUT2D eigenvalue weighted by Gasteiger charge is 2.30. The summed E-state index contributed by atoms with van der Waals surface area (Å²) in [7, 11) is -3.21. The normalized spacial score (nSPS) is 22.4. The van der Waals surface area contributed by atoms with Crippen LogP contribution in [0.1, 0.15) is 6.42 Å². The van der Waals surface area contributed by atoms with Crippen molar-refractivity contribution in [3.63, 3.8) is 0 Å². The Morgan fingerprint density at radius 2 is 2.29 bits per heavy atom. The molecule has 76 valence electrons. The van der Waals surface area contributed by atoms with Gasteiger partial charge >= 0.3 is 0 Å². The van der Waals surface area contributed by atoms with E-state index < -0.39 is 9.84 Å². The standard InChI is InChI=1S/C9H12N2O2S/c12-14(13,8-4-6-10-7-8)9-3-1-2-5-11-9/h1-3,5,8,10H,4,6-7H2/t8-/m1/s1. The summed E-state index contributed by atoms with van der Waals surface area (Å²) in [5.41, 5.74) is 0. The van der Waals surface area contributed by atoms with E-state index in [1.807, 2.05) is 0 Å². The van der Waals surface area contributed by atoms with Crippen molar-refractivity contribution in [1.82, 2.24) is 10.3 Å². The van der Waals surface area contributed by atoms with Gasteiger partial charge in [-0.3, -0.25) is 0 Å². The molecule has 1 fully saturated rings. The zero-order valence-electron chi connectivity index (χ0n) is 7.68. The van der Waals surface area contributed by atoms with Crippen LogP contribution in [-0.4, -0.2) is 31.7 Å². The first-order valence-electron chi connectivity index (χ1n) is 4.57. The molecule has 2 heterocycles. The molecule has 1 saturated heterocycles. The van der Waals surface area contributed by atoms with Crippen LogP contribution in [0.5, 0.6) is 0 Å². The molecule has 0 spiro atoms. The minimum Gasteiger partial charge on any atom is -0.315 e. The van der Waals surface area contributed by atoms with Gasteiger partial charge in [0.25, 0.3) is 0 Å². The zero-order chi connectivity index (χ0) is 10.0. The average molecular weight is 212 g/mol. The van der Waals surface area contributed by atoms with Crippen LogP contribution in [0.2, 0.25) is 0 Å². The number of nitrogens with one attached hydrogen (secondary N) is 1. The number of aromatic nitrogens is 1. The van der Waals surface area contributed by atoms with Crippen molar-refractivity contribution in [2.75, 3.05) is 13.1 Å². The molecule has 5 heteroatoms. The minimum absolute atomic E-state index is 0.189. The van der Waals surface area contributed by atoms with Gasteiger partial charge in [0.1, 0.15) is 0 Å². The molecule has 1 aromatic rings. The van der Waals surface area contributed by atoms with Crippen LogP contribution in [0.4, 0.5) is 0 Å². The summed E-state index contributed by atoms with van der Waals surface area (Å²) in [5.74, 6) is 0. The Labute approximate surface area is 83.3 Å². The summed E-state index contributed by atoms with van der Waals surface area (Å²) in [6.07, 6.45) is 2.19. The molecule has 0 saturated carbocycles. The van der Waals surface area contributed by atoms with Gasteiger partial charge in [-0.25, -0.2) is 13.4 Å². The highest BCUT2D eigenvalue weighted by Crippen LogP contribution is 2.17. The molecule has 0 unspecified atom stereocenters. The predicted molar refractivity (Wildman–Crippen MR) is 52.7 cm³/mol. The molecule has 1 aliphatic rings. The van der Waals surface area contributed by atoms with E-state index in [1.54, 1.807) is 18.2 Å². The number of nitrogens with zero attached hydrogens (tertiary/aromatic N) is 1. The van der Waals surface area contributed by atoms with Crippen LogP contribution in [0, 0.1) is 0 Å². The fourth-order valence-corrected chi connectivity index (χ4v) is 3.16. The maximum absolute atomic E-state index is 11.9. The van der Waals surface area contributed by atoms with Crippen molar-refractivity contribution in [3.8, 4) is 0 Å². The van der Waals surface area contributed by atoms with Crippen molar-refractivity contribution in [2.45, 2.75) is 16.7 Å². The maximum Gasteiger partial charge on any atom is 0.199 e. The number of hydrogen-bond acceptors (Lipinski definition) is 4. The van der Waals surface area contributed by atoms with Gasteiger partial charge in [-0.2, -0.15) is 0 Å². The van der Waals surface area contributed by atoms with Crippen molar-refractivity contribution < 1.29 is 8.42 Å². The lowest BCUT2D eigenvalue weighted by Crippen LogP contribution is -2.24. The highest BCUT2D eigenvalue weighted by atomic mass is 32.2. The Morgan fingerprint density at radius 3 is 2.86 bits per heavy atom. The number of rotatable bonds is 2. The number of sulfone groups is 1. The molecular formula is C9H12N2O2S. The predicted octanol–water partition coefficient (Wildman–Crippen LogP) is 0.217. The molecule has 1 atom stereocenters. The summed E-state index contributed by atoms with van der Waals surface area (Å²) in [6.45, 7) is 1.32. The van der Waals surface area contributed by atoms with Crippen LogP contribution in [0.15, 0.2) is 29.4 Å². The van der Waals surface area contributed by atoms with E-state index >= 15 is 0 Å². The van der Waals surface area contributed by atoms with Crippen molar-refractivity contribution in [3.05, 3.63) is 24.4 Å². The summed E-state index contributed by atoms with van der Waals surface area (Å²) < 4.78 is 23.9. The van der Waals surface area contributed by atoms with Crippen LogP contribution in [0.3, 0.4) is 0 Å². The van der Waals surface area contributed by atoms with Crippen molar-refractivity contribution in [2.24, 2.45) is 0 Å². The summed E-state index contributed by atoms with van der Waals surface area (Å²) in [4.78, 5) is 3.88. The fraction of sp³-hybridized carbons (Fsp3) is 0.444. The van der Waals surface area contributed by atoms with Crippen LogP contribution >= 0.6 is 0 Å². The Bertz CT molecular complexity index is 396. The second-order valence-electron chi connectivity index (χ2n) is 3.33. The first-order valence-corrected chi connectivity index (χ1v) is 6.11. The van der Waals surface area contributed by atoms with E-state index in [9.17, 15) is 8.42 Å². The van der Waals surface area contributed by atoms with E-state index in [-0.39, 0.29) is 10.3 Å². The molecule has 1 aliphatic heterocycles. The molecular weight excluding hydrogens is 200 g/mol. The number of pyridine rings is 1. The van der Waals surface area contributed by atoms with Crippen molar-refractivity contribution >= 4 is 9.84 Å². The van der Waals surface area contributed by atoms with Gasteiger partial charge in [0.05, 0.1) is 5.25 Å². The van der Waals surface area contributed by atoms with E-state index in [4.69, 9.17) is 0 Å². The molecule has 0 radical (unpaired) electrons. The summed E-state index contributed by atoms with van der Waals surface area (Å²) >= 11 is 0. The molecule has 4 nitrogen and oxygen atoms in total.